The Kier molecular flexibility index (Phi) is 8.24. The van der Waals surface area contributed by atoms with Crippen molar-refractivity contribution in [2.45, 2.75) is 25.1 Å². The van der Waals surface area contributed by atoms with Gasteiger partial charge in [-0.05, 0) is 37.4 Å². The molecule has 0 aliphatic carbocycles. The molecule has 1 fully saturated rings. The number of benzene rings is 2. The highest BCUT2D eigenvalue weighted by atomic mass is 35.5. The minimum atomic E-state index is -4.81. The summed E-state index contributed by atoms with van der Waals surface area (Å²) in [5, 5.41) is 5.91. The second-order valence-corrected chi connectivity index (χ2v) is 8.30. The van der Waals surface area contributed by atoms with Gasteiger partial charge >= 0.3 is 12.1 Å². The summed E-state index contributed by atoms with van der Waals surface area (Å²) in [6.07, 6.45) is -4.38. The fourth-order valence-corrected chi connectivity index (χ4v) is 3.38. The fourth-order valence-electron chi connectivity index (χ4n) is 3.21. The Morgan fingerprint density at radius 1 is 1.14 bits per heavy atom. The van der Waals surface area contributed by atoms with Gasteiger partial charge in [0.1, 0.15) is 11.6 Å². The van der Waals surface area contributed by atoms with E-state index in [1.165, 1.54) is 24.3 Å². The molecule has 0 atom stereocenters. The third-order valence-corrected chi connectivity index (χ3v) is 5.32. The van der Waals surface area contributed by atoms with Crippen molar-refractivity contribution in [2.24, 2.45) is 0 Å². The van der Waals surface area contributed by atoms with E-state index in [0.29, 0.717) is 13.0 Å². The zero-order valence-corrected chi connectivity index (χ0v) is 19.3. The highest BCUT2D eigenvalue weighted by Crippen LogP contribution is 2.31. The number of halogens is 8. The van der Waals surface area contributed by atoms with Crippen molar-refractivity contribution in [3.8, 4) is 11.5 Å². The average Bonchev–Trinajstić information content (AvgIpc) is 3.41. The van der Waals surface area contributed by atoms with Crippen LogP contribution in [-0.4, -0.2) is 47.6 Å². The van der Waals surface area contributed by atoms with Gasteiger partial charge in [0.15, 0.2) is 0 Å². The number of carbonyl (C=O) groups excluding carboxylic acids is 1. The average molecular weight is 539 g/mol. The molecule has 194 valence electrons. The van der Waals surface area contributed by atoms with Crippen LogP contribution in [0.3, 0.4) is 0 Å². The molecule has 3 aromatic rings. The fraction of sp³-hybridized carbons (Fsp3) is 0.318. The number of amides is 1. The van der Waals surface area contributed by atoms with Crippen LogP contribution in [-0.2, 0) is 17.5 Å². The second-order valence-electron chi connectivity index (χ2n) is 7.89. The highest BCUT2D eigenvalue weighted by molar-refractivity contribution is 6.31. The molecule has 14 heteroatoms. The molecule has 0 N–H and O–H groups in total. The van der Waals surface area contributed by atoms with Gasteiger partial charge in [-0.1, -0.05) is 17.7 Å². The first-order valence-corrected chi connectivity index (χ1v) is 10.6. The molecule has 0 saturated carbocycles. The molecule has 1 saturated heterocycles. The molecule has 4 rings (SSSR count). The number of likely N-dealkylation sites (tertiary alicyclic amines) is 1. The summed E-state index contributed by atoms with van der Waals surface area (Å²) in [5.74, 6) is -5.95. The number of rotatable bonds is 5. The molecular formula is C22H18ClF7N4O2. The largest absolute Gasteiger partial charge is 0.470 e. The Balaban J connectivity index is 0.000000383. The molecular weight excluding hydrogens is 521 g/mol. The van der Waals surface area contributed by atoms with Crippen molar-refractivity contribution < 1.29 is 39.9 Å². The minimum Gasteiger partial charge on any atom is -0.413 e. The van der Waals surface area contributed by atoms with Crippen LogP contribution in [0.1, 0.15) is 17.9 Å². The highest BCUT2D eigenvalue weighted by Gasteiger charge is 2.38. The van der Waals surface area contributed by atoms with Gasteiger partial charge in [-0.15, -0.1) is 10.2 Å². The van der Waals surface area contributed by atoms with Gasteiger partial charge in [0.25, 0.3) is 5.92 Å². The van der Waals surface area contributed by atoms with Crippen molar-refractivity contribution in [1.82, 2.24) is 15.1 Å². The first kappa shape index (κ1) is 27.4. The maximum Gasteiger partial charge on any atom is 0.470 e. The van der Waals surface area contributed by atoms with Crippen LogP contribution in [0.25, 0.3) is 11.5 Å². The number of hydrogen-bond donors (Lipinski definition) is 0. The molecule has 0 unspecified atom stereocenters. The Morgan fingerprint density at radius 3 is 2.33 bits per heavy atom. The number of hydrogen-bond acceptors (Lipinski definition) is 5. The standard InChI is InChI=1S/C17H9ClF5N3O2.C5H9F2N/c18-12-6-11(3-4-13(12)19)26(8-27)7-10-2-1-9(5-14(10)20)15-24-25-16(28-15)17(21,22)23;1-8-3-2-5(6,7)4-8/h1-6,8H,7H2;2-4H2,1H3. The Morgan fingerprint density at radius 2 is 1.86 bits per heavy atom. The third kappa shape index (κ3) is 6.94. The van der Waals surface area contributed by atoms with Crippen molar-refractivity contribution in [2.75, 3.05) is 25.0 Å². The lowest BCUT2D eigenvalue weighted by Gasteiger charge is -2.18. The minimum absolute atomic E-state index is 0.0312. The maximum atomic E-state index is 14.4. The molecule has 1 aliphatic rings. The summed E-state index contributed by atoms with van der Waals surface area (Å²) in [7, 11) is 1.71. The van der Waals surface area contributed by atoms with Crippen LogP contribution in [0.4, 0.5) is 36.4 Å². The predicted molar refractivity (Wildman–Crippen MR) is 115 cm³/mol. The number of anilines is 1. The third-order valence-electron chi connectivity index (χ3n) is 5.03. The van der Waals surface area contributed by atoms with E-state index >= 15 is 0 Å². The van der Waals surface area contributed by atoms with Crippen LogP contribution in [0, 0.1) is 11.6 Å². The summed E-state index contributed by atoms with van der Waals surface area (Å²) in [6, 6.07) is 6.98. The quantitative estimate of drug-likeness (QED) is 0.303. The zero-order valence-electron chi connectivity index (χ0n) is 18.5. The molecule has 36 heavy (non-hydrogen) atoms. The van der Waals surface area contributed by atoms with Crippen molar-refractivity contribution in [3.63, 3.8) is 0 Å². The molecule has 0 bridgehead atoms. The monoisotopic (exact) mass is 538 g/mol. The number of alkyl halides is 5. The number of aromatic nitrogens is 2. The van der Waals surface area contributed by atoms with E-state index in [9.17, 15) is 35.5 Å². The van der Waals surface area contributed by atoms with Gasteiger partial charge in [-0.3, -0.25) is 4.79 Å². The Labute approximate surface area is 205 Å². The molecule has 2 aromatic carbocycles. The van der Waals surface area contributed by atoms with Gasteiger partial charge in [-0.25, -0.2) is 17.6 Å². The first-order valence-electron chi connectivity index (χ1n) is 10.2. The van der Waals surface area contributed by atoms with Crippen LogP contribution < -0.4 is 4.90 Å². The summed E-state index contributed by atoms with van der Waals surface area (Å²) >= 11 is 5.68. The lowest BCUT2D eigenvalue weighted by molar-refractivity contribution is -0.156. The number of carbonyl (C=O) groups is 1. The Hall–Kier alpha value is -3.19. The van der Waals surface area contributed by atoms with E-state index in [-0.39, 0.29) is 41.3 Å². The van der Waals surface area contributed by atoms with E-state index < -0.39 is 35.5 Å². The molecule has 2 heterocycles. The summed E-state index contributed by atoms with van der Waals surface area (Å²) in [6.45, 7) is 0.245. The van der Waals surface area contributed by atoms with Crippen LogP contribution in [0.5, 0.6) is 0 Å². The van der Waals surface area contributed by atoms with Crippen molar-refractivity contribution in [1.29, 1.82) is 0 Å². The summed E-state index contributed by atoms with van der Waals surface area (Å²) in [5.41, 5.74) is 0.218. The van der Waals surface area contributed by atoms with Crippen LogP contribution >= 0.6 is 11.6 Å². The number of nitrogens with zero attached hydrogens (tertiary/aromatic N) is 4. The molecule has 1 aromatic heterocycles. The van der Waals surface area contributed by atoms with E-state index in [1.807, 2.05) is 0 Å². The van der Waals surface area contributed by atoms with Gasteiger partial charge in [0, 0.05) is 29.8 Å². The smallest absolute Gasteiger partial charge is 0.413 e. The second kappa shape index (κ2) is 10.8. The molecule has 6 nitrogen and oxygen atoms in total. The van der Waals surface area contributed by atoms with Gasteiger partial charge in [-0.2, -0.15) is 13.2 Å². The first-order chi connectivity index (χ1) is 16.8. The van der Waals surface area contributed by atoms with E-state index in [2.05, 4.69) is 14.6 Å². The van der Waals surface area contributed by atoms with Gasteiger partial charge < -0.3 is 14.2 Å². The van der Waals surface area contributed by atoms with Crippen LogP contribution in [0.2, 0.25) is 5.02 Å². The summed E-state index contributed by atoms with van der Waals surface area (Å²) < 4.78 is 94.0. The van der Waals surface area contributed by atoms with Gasteiger partial charge in [0.05, 0.1) is 18.1 Å². The van der Waals surface area contributed by atoms with E-state index in [1.54, 1.807) is 11.9 Å². The molecule has 0 spiro atoms. The van der Waals surface area contributed by atoms with Gasteiger partial charge in [0.2, 0.25) is 12.3 Å². The molecule has 1 aliphatic heterocycles. The maximum absolute atomic E-state index is 14.4. The Bertz CT molecular complexity index is 1220. The van der Waals surface area contributed by atoms with E-state index in [4.69, 9.17) is 11.6 Å². The lowest BCUT2D eigenvalue weighted by atomic mass is 10.1. The van der Waals surface area contributed by atoms with Crippen molar-refractivity contribution >= 4 is 23.7 Å². The SMILES string of the molecule is CN1CCC(F)(F)C1.O=CN(Cc1ccc(-c2nnc(C(F)(F)F)o2)cc1F)c1ccc(F)c(Cl)c1. The normalized spacial score (nSPS) is 15.4. The van der Waals surface area contributed by atoms with Crippen LogP contribution in [0.15, 0.2) is 40.8 Å². The van der Waals surface area contributed by atoms with Crippen molar-refractivity contribution in [3.05, 3.63) is 64.5 Å². The topological polar surface area (TPSA) is 62.5 Å². The lowest BCUT2D eigenvalue weighted by Crippen LogP contribution is -2.21. The molecule has 1 amide bonds. The van der Waals surface area contributed by atoms with E-state index in [0.717, 1.165) is 17.0 Å². The molecule has 0 radical (unpaired) electrons. The summed E-state index contributed by atoms with van der Waals surface area (Å²) in [4.78, 5) is 14.0. The zero-order chi connectivity index (χ0) is 26.7. The predicted octanol–water partition coefficient (Wildman–Crippen LogP) is 5.81.